The van der Waals surface area contributed by atoms with E-state index in [1.165, 1.54) is 25.7 Å². The summed E-state index contributed by atoms with van der Waals surface area (Å²) in [7, 11) is 0. The van der Waals surface area contributed by atoms with Crippen LogP contribution >= 0.6 is 0 Å². The molecule has 1 saturated carbocycles. The van der Waals surface area contributed by atoms with Gasteiger partial charge < -0.3 is 10.5 Å². The Morgan fingerprint density at radius 2 is 2.00 bits per heavy atom. The second-order valence-electron chi connectivity index (χ2n) is 5.58. The molecule has 0 aromatic carbocycles. The lowest BCUT2D eigenvalue weighted by atomic mass is 9.78. The quantitative estimate of drug-likeness (QED) is 0.772. The first-order chi connectivity index (χ1) is 7.04. The van der Waals surface area contributed by atoms with E-state index in [1.54, 1.807) is 0 Å². The lowest BCUT2D eigenvalue weighted by Gasteiger charge is -2.28. The smallest absolute Gasteiger partial charge is 0.155 e. The van der Waals surface area contributed by atoms with E-state index in [-0.39, 0.29) is 11.2 Å². The van der Waals surface area contributed by atoms with Crippen LogP contribution in [0.2, 0.25) is 0 Å². The summed E-state index contributed by atoms with van der Waals surface area (Å²) in [5, 5.41) is 0. The van der Waals surface area contributed by atoms with Gasteiger partial charge in [-0.2, -0.15) is 0 Å². The first-order valence-corrected chi connectivity index (χ1v) is 5.94. The summed E-state index contributed by atoms with van der Waals surface area (Å²) in [5.74, 6) is 0.212. The Labute approximate surface area is 91.4 Å². The molecule has 3 heteroatoms. The molecule has 2 rings (SSSR count). The van der Waals surface area contributed by atoms with E-state index in [2.05, 4.69) is 6.92 Å². The van der Waals surface area contributed by atoms with E-state index in [9.17, 15) is 4.79 Å². The Balaban J connectivity index is 1.96. The van der Waals surface area contributed by atoms with Crippen molar-refractivity contribution in [3.63, 3.8) is 0 Å². The van der Waals surface area contributed by atoms with Gasteiger partial charge in [0.25, 0.3) is 0 Å². The predicted molar refractivity (Wildman–Crippen MR) is 58.6 cm³/mol. The van der Waals surface area contributed by atoms with E-state index in [1.807, 2.05) is 0 Å². The molecule has 86 valence electrons. The molecule has 2 N–H and O–H groups in total. The SMILES string of the molecule is CC1(CC(=O)C2(N)CCOC2)CCCC1. The standard InChI is InChI=1S/C12H21NO2/c1-11(4-2-3-5-11)8-10(14)12(13)6-7-15-9-12/h2-9,13H2,1H3. The molecule has 1 unspecified atom stereocenters. The van der Waals surface area contributed by atoms with Gasteiger partial charge in [0.1, 0.15) is 5.54 Å². The third-order valence-corrected chi connectivity index (χ3v) is 4.01. The van der Waals surface area contributed by atoms with Gasteiger partial charge in [0.2, 0.25) is 0 Å². The minimum Gasteiger partial charge on any atom is -0.379 e. The van der Waals surface area contributed by atoms with Gasteiger partial charge >= 0.3 is 0 Å². The number of carbonyl (C=O) groups is 1. The van der Waals surface area contributed by atoms with Crippen molar-refractivity contribution in [2.75, 3.05) is 13.2 Å². The Hall–Kier alpha value is -0.410. The normalized spacial score (nSPS) is 34.5. The van der Waals surface area contributed by atoms with E-state index in [4.69, 9.17) is 10.5 Å². The molecule has 2 fully saturated rings. The van der Waals surface area contributed by atoms with Crippen LogP contribution < -0.4 is 5.73 Å². The monoisotopic (exact) mass is 211 g/mol. The molecular weight excluding hydrogens is 190 g/mol. The molecule has 15 heavy (non-hydrogen) atoms. The number of Topliss-reactive ketones (excluding diaryl/α,β-unsaturated/α-hetero) is 1. The van der Waals surface area contributed by atoms with Crippen LogP contribution in [0.1, 0.15) is 45.4 Å². The fourth-order valence-electron chi connectivity index (χ4n) is 2.77. The maximum absolute atomic E-state index is 12.1. The van der Waals surface area contributed by atoms with Crippen LogP contribution in [0.3, 0.4) is 0 Å². The second kappa shape index (κ2) is 3.87. The number of hydrogen-bond acceptors (Lipinski definition) is 3. The Morgan fingerprint density at radius 3 is 2.53 bits per heavy atom. The summed E-state index contributed by atoms with van der Waals surface area (Å²) >= 11 is 0. The average Bonchev–Trinajstić information content (AvgIpc) is 2.76. The first kappa shape index (κ1) is 11.1. The Bertz CT molecular complexity index is 250. The molecule has 0 bridgehead atoms. The first-order valence-electron chi connectivity index (χ1n) is 5.94. The van der Waals surface area contributed by atoms with Gasteiger partial charge in [-0.15, -0.1) is 0 Å². The molecule has 0 radical (unpaired) electrons. The molecule has 1 aliphatic carbocycles. The van der Waals surface area contributed by atoms with Crippen LogP contribution in [0.5, 0.6) is 0 Å². The average molecular weight is 211 g/mol. The number of ether oxygens (including phenoxy) is 1. The Morgan fingerprint density at radius 1 is 1.33 bits per heavy atom. The van der Waals surface area contributed by atoms with Crippen molar-refractivity contribution >= 4 is 5.78 Å². The van der Waals surface area contributed by atoms with Crippen LogP contribution in [0.25, 0.3) is 0 Å². The highest BCUT2D eigenvalue weighted by molar-refractivity contribution is 5.89. The Kier molecular flexibility index (Phi) is 2.86. The molecule has 1 heterocycles. The molecule has 0 spiro atoms. The highest BCUT2D eigenvalue weighted by atomic mass is 16.5. The molecular formula is C12H21NO2. The van der Waals surface area contributed by atoms with Gasteiger partial charge in [-0.25, -0.2) is 0 Å². The van der Waals surface area contributed by atoms with Crippen LogP contribution in [-0.2, 0) is 9.53 Å². The van der Waals surface area contributed by atoms with Gasteiger partial charge in [-0.05, 0) is 24.7 Å². The number of carbonyl (C=O) groups excluding carboxylic acids is 1. The van der Waals surface area contributed by atoms with Crippen LogP contribution in [0.15, 0.2) is 0 Å². The summed E-state index contributed by atoms with van der Waals surface area (Å²) in [6, 6.07) is 0. The molecule has 3 nitrogen and oxygen atoms in total. The van der Waals surface area contributed by atoms with E-state index >= 15 is 0 Å². The van der Waals surface area contributed by atoms with Gasteiger partial charge in [0.05, 0.1) is 6.61 Å². The van der Waals surface area contributed by atoms with Crippen LogP contribution in [0, 0.1) is 5.41 Å². The van der Waals surface area contributed by atoms with Gasteiger partial charge in [0, 0.05) is 13.0 Å². The molecule has 0 amide bonds. The third kappa shape index (κ3) is 2.23. The molecule has 1 aliphatic heterocycles. The lowest BCUT2D eigenvalue weighted by molar-refractivity contribution is -0.126. The van der Waals surface area contributed by atoms with E-state index in [0.717, 1.165) is 0 Å². The van der Waals surface area contributed by atoms with Crippen molar-refractivity contribution in [3.05, 3.63) is 0 Å². The van der Waals surface area contributed by atoms with Crippen molar-refractivity contribution in [3.8, 4) is 0 Å². The lowest BCUT2D eigenvalue weighted by Crippen LogP contribution is -2.49. The minimum atomic E-state index is -0.675. The third-order valence-electron chi connectivity index (χ3n) is 4.01. The molecule has 0 aromatic heterocycles. The second-order valence-corrected chi connectivity index (χ2v) is 5.58. The van der Waals surface area contributed by atoms with E-state index < -0.39 is 5.54 Å². The highest BCUT2D eigenvalue weighted by Gasteiger charge is 2.41. The largest absolute Gasteiger partial charge is 0.379 e. The van der Waals surface area contributed by atoms with Crippen molar-refractivity contribution < 1.29 is 9.53 Å². The molecule has 0 aromatic rings. The summed E-state index contributed by atoms with van der Waals surface area (Å²) in [6.45, 7) is 3.28. The summed E-state index contributed by atoms with van der Waals surface area (Å²) in [4.78, 5) is 12.1. The number of ketones is 1. The van der Waals surface area contributed by atoms with Gasteiger partial charge in [-0.3, -0.25) is 4.79 Å². The van der Waals surface area contributed by atoms with Gasteiger partial charge in [0.15, 0.2) is 5.78 Å². The number of hydrogen-bond donors (Lipinski definition) is 1. The maximum atomic E-state index is 12.1. The maximum Gasteiger partial charge on any atom is 0.155 e. The fraction of sp³-hybridized carbons (Fsp3) is 0.917. The van der Waals surface area contributed by atoms with E-state index in [0.29, 0.717) is 26.1 Å². The zero-order valence-electron chi connectivity index (χ0n) is 9.55. The number of rotatable bonds is 3. The van der Waals surface area contributed by atoms with Gasteiger partial charge in [-0.1, -0.05) is 19.8 Å². The number of nitrogens with two attached hydrogens (primary N) is 1. The summed E-state index contributed by atoms with van der Waals surface area (Å²) in [5.41, 5.74) is 5.60. The fourth-order valence-corrected chi connectivity index (χ4v) is 2.77. The minimum absolute atomic E-state index is 0.212. The topological polar surface area (TPSA) is 52.3 Å². The zero-order valence-corrected chi connectivity index (χ0v) is 9.55. The van der Waals surface area contributed by atoms with Crippen LogP contribution in [-0.4, -0.2) is 24.5 Å². The summed E-state index contributed by atoms with van der Waals surface area (Å²) < 4.78 is 5.23. The molecule has 1 saturated heterocycles. The zero-order chi connectivity index (χ0) is 10.9. The van der Waals surface area contributed by atoms with Crippen molar-refractivity contribution in [1.82, 2.24) is 0 Å². The highest BCUT2D eigenvalue weighted by Crippen LogP contribution is 2.41. The van der Waals surface area contributed by atoms with Crippen molar-refractivity contribution in [2.24, 2.45) is 11.1 Å². The predicted octanol–water partition coefficient (Wildman–Crippen LogP) is 1.64. The summed E-state index contributed by atoms with van der Waals surface area (Å²) in [6.07, 6.45) is 6.22. The molecule has 2 aliphatic rings. The van der Waals surface area contributed by atoms with Crippen molar-refractivity contribution in [2.45, 2.75) is 51.0 Å². The van der Waals surface area contributed by atoms with Crippen LogP contribution in [0.4, 0.5) is 0 Å². The van der Waals surface area contributed by atoms with Crippen molar-refractivity contribution in [1.29, 1.82) is 0 Å². The molecule has 1 atom stereocenters.